The van der Waals surface area contributed by atoms with Crippen molar-refractivity contribution in [2.45, 2.75) is 30.8 Å². The van der Waals surface area contributed by atoms with Gasteiger partial charge in [0, 0.05) is 31.2 Å². The van der Waals surface area contributed by atoms with Crippen LogP contribution in [0.4, 0.5) is 8.78 Å². The smallest absolute Gasteiger partial charge is 0.246 e. The predicted octanol–water partition coefficient (Wildman–Crippen LogP) is 3.00. The number of nitrogens with one attached hydrogen (secondary N) is 1. The fraction of sp³-hybridized carbons (Fsp3) is 0.316. The molecule has 0 aromatic heterocycles. The second-order valence-corrected chi connectivity index (χ2v) is 8.65. The molecule has 0 amide bonds. The molecule has 2 aromatic carbocycles. The summed E-state index contributed by atoms with van der Waals surface area (Å²) < 4.78 is 60.6. The van der Waals surface area contributed by atoms with Crippen LogP contribution < -0.4 is 10.1 Å². The molecule has 0 bridgehead atoms. The zero-order valence-electron chi connectivity index (χ0n) is 15.3. The predicted molar refractivity (Wildman–Crippen MR) is 98.4 cm³/mol. The molecule has 0 saturated carbocycles. The van der Waals surface area contributed by atoms with Crippen LogP contribution in [0.3, 0.4) is 0 Å². The van der Waals surface area contributed by atoms with E-state index in [0.29, 0.717) is 0 Å². The SMILES string of the molecule is CC1CN(S(=O)(=O)c2cc(C#N)ccc2Oc2cc(F)ccc2F)CC(C)N1. The molecule has 2 atom stereocenters. The number of benzene rings is 2. The largest absolute Gasteiger partial charge is 0.453 e. The number of nitrogens with zero attached hydrogens (tertiary/aromatic N) is 2. The van der Waals surface area contributed by atoms with E-state index in [1.165, 1.54) is 22.5 Å². The van der Waals surface area contributed by atoms with Crippen molar-refractivity contribution >= 4 is 10.0 Å². The lowest BCUT2D eigenvalue weighted by molar-refractivity contribution is 0.262. The zero-order chi connectivity index (χ0) is 20.5. The van der Waals surface area contributed by atoms with Gasteiger partial charge in [0.25, 0.3) is 0 Å². The monoisotopic (exact) mass is 407 g/mol. The van der Waals surface area contributed by atoms with E-state index in [1.54, 1.807) is 0 Å². The van der Waals surface area contributed by atoms with Crippen LogP contribution in [-0.4, -0.2) is 37.9 Å². The van der Waals surface area contributed by atoms with Crippen LogP contribution in [0.5, 0.6) is 11.5 Å². The molecule has 1 heterocycles. The van der Waals surface area contributed by atoms with Gasteiger partial charge in [0.05, 0.1) is 11.6 Å². The molecule has 148 valence electrons. The Hall–Kier alpha value is -2.54. The maximum atomic E-state index is 14.0. The lowest BCUT2D eigenvalue weighted by Crippen LogP contribution is -2.55. The molecule has 2 aromatic rings. The first-order valence-corrected chi connectivity index (χ1v) is 10.1. The van der Waals surface area contributed by atoms with Crippen molar-refractivity contribution in [1.82, 2.24) is 9.62 Å². The van der Waals surface area contributed by atoms with Gasteiger partial charge in [0.15, 0.2) is 11.6 Å². The van der Waals surface area contributed by atoms with Crippen molar-refractivity contribution in [2.75, 3.05) is 13.1 Å². The van der Waals surface area contributed by atoms with Crippen molar-refractivity contribution in [1.29, 1.82) is 5.26 Å². The molecule has 1 aliphatic rings. The summed E-state index contributed by atoms with van der Waals surface area (Å²) >= 11 is 0. The summed E-state index contributed by atoms with van der Waals surface area (Å²) in [6.45, 7) is 4.20. The minimum atomic E-state index is -4.03. The summed E-state index contributed by atoms with van der Waals surface area (Å²) in [5, 5.41) is 12.4. The van der Waals surface area contributed by atoms with Crippen LogP contribution in [0.25, 0.3) is 0 Å². The minimum Gasteiger partial charge on any atom is -0.453 e. The maximum Gasteiger partial charge on any atom is 0.246 e. The zero-order valence-corrected chi connectivity index (χ0v) is 16.1. The Balaban J connectivity index is 2.06. The van der Waals surface area contributed by atoms with Gasteiger partial charge in [-0.05, 0) is 44.2 Å². The Morgan fingerprint density at radius 3 is 2.43 bits per heavy atom. The first kappa shape index (κ1) is 20.2. The van der Waals surface area contributed by atoms with E-state index in [0.717, 1.165) is 18.2 Å². The highest BCUT2D eigenvalue weighted by Gasteiger charge is 2.34. The average molecular weight is 407 g/mol. The summed E-state index contributed by atoms with van der Waals surface area (Å²) in [5.74, 6) is -2.18. The van der Waals surface area contributed by atoms with E-state index < -0.39 is 27.4 Å². The Morgan fingerprint density at radius 1 is 1.11 bits per heavy atom. The van der Waals surface area contributed by atoms with Gasteiger partial charge < -0.3 is 10.1 Å². The molecule has 2 unspecified atom stereocenters. The van der Waals surface area contributed by atoms with Crippen molar-refractivity contribution < 1.29 is 21.9 Å². The highest BCUT2D eigenvalue weighted by atomic mass is 32.2. The van der Waals surface area contributed by atoms with E-state index in [1.807, 2.05) is 19.9 Å². The van der Waals surface area contributed by atoms with Gasteiger partial charge in [-0.3, -0.25) is 0 Å². The van der Waals surface area contributed by atoms with Crippen molar-refractivity contribution in [3.8, 4) is 17.6 Å². The standard InChI is InChI=1S/C19H19F2N3O3S/c1-12-10-24(11-13(2)23-12)28(25,26)19-7-14(9-22)3-6-17(19)27-18-8-15(20)4-5-16(18)21/h3-8,12-13,23H,10-11H2,1-2H3. The average Bonchev–Trinajstić information content (AvgIpc) is 2.64. The normalized spacial score (nSPS) is 20.5. The van der Waals surface area contributed by atoms with E-state index in [2.05, 4.69) is 5.32 Å². The van der Waals surface area contributed by atoms with Crippen LogP contribution in [0, 0.1) is 23.0 Å². The number of hydrogen-bond donors (Lipinski definition) is 1. The Kier molecular flexibility index (Phi) is 5.65. The third kappa shape index (κ3) is 4.14. The Labute approximate surface area is 162 Å². The van der Waals surface area contributed by atoms with Gasteiger partial charge in [-0.15, -0.1) is 0 Å². The summed E-state index contributed by atoms with van der Waals surface area (Å²) in [6, 6.07) is 8.21. The second kappa shape index (κ2) is 7.83. The maximum absolute atomic E-state index is 14.0. The number of nitriles is 1. The van der Waals surface area contributed by atoms with Gasteiger partial charge >= 0.3 is 0 Å². The van der Waals surface area contributed by atoms with E-state index in [4.69, 9.17) is 10.00 Å². The Bertz CT molecular complexity index is 1030. The van der Waals surface area contributed by atoms with Gasteiger partial charge in [0.2, 0.25) is 10.0 Å². The number of hydrogen-bond acceptors (Lipinski definition) is 5. The van der Waals surface area contributed by atoms with Crippen LogP contribution in [0.2, 0.25) is 0 Å². The third-order valence-corrected chi connectivity index (χ3v) is 6.18. The van der Waals surface area contributed by atoms with Gasteiger partial charge in [-0.1, -0.05) is 0 Å². The number of ether oxygens (including phenoxy) is 1. The summed E-state index contributed by atoms with van der Waals surface area (Å²) in [6.07, 6.45) is 0. The van der Waals surface area contributed by atoms with Crippen LogP contribution in [0.1, 0.15) is 19.4 Å². The molecule has 1 fully saturated rings. The molecular formula is C19H19F2N3O3S. The highest BCUT2D eigenvalue weighted by Crippen LogP contribution is 2.33. The summed E-state index contributed by atoms with van der Waals surface area (Å²) in [4.78, 5) is -0.267. The topological polar surface area (TPSA) is 82.4 Å². The molecule has 0 aliphatic carbocycles. The molecule has 0 radical (unpaired) electrons. The molecule has 1 aliphatic heterocycles. The number of rotatable bonds is 4. The fourth-order valence-electron chi connectivity index (χ4n) is 3.15. The van der Waals surface area contributed by atoms with Gasteiger partial charge in [0.1, 0.15) is 16.5 Å². The lowest BCUT2D eigenvalue weighted by atomic mass is 10.2. The first-order valence-electron chi connectivity index (χ1n) is 8.64. The van der Waals surface area contributed by atoms with E-state index >= 15 is 0 Å². The van der Waals surface area contributed by atoms with Gasteiger partial charge in [-0.2, -0.15) is 9.57 Å². The Morgan fingerprint density at radius 2 is 1.79 bits per heavy atom. The second-order valence-electron chi connectivity index (χ2n) is 6.74. The van der Waals surface area contributed by atoms with Crippen LogP contribution >= 0.6 is 0 Å². The third-order valence-electron chi connectivity index (χ3n) is 4.33. The van der Waals surface area contributed by atoms with E-state index in [-0.39, 0.29) is 41.4 Å². The van der Waals surface area contributed by atoms with Crippen molar-refractivity contribution in [3.63, 3.8) is 0 Å². The van der Waals surface area contributed by atoms with Crippen LogP contribution in [-0.2, 0) is 10.0 Å². The molecule has 1 saturated heterocycles. The van der Waals surface area contributed by atoms with Crippen LogP contribution in [0.15, 0.2) is 41.3 Å². The van der Waals surface area contributed by atoms with Crippen molar-refractivity contribution in [3.05, 3.63) is 53.6 Å². The first-order chi connectivity index (χ1) is 13.2. The highest BCUT2D eigenvalue weighted by molar-refractivity contribution is 7.89. The molecule has 6 nitrogen and oxygen atoms in total. The lowest BCUT2D eigenvalue weighted by Gasteiger charge is -2.35. The molecule has 3 rings (SSSR count). The molecule has 28 heavy (non-hydrogen) atoms. The minimum absolute atomic E-state index is 0.0669. The number of piperazine rings is 1. The molecular weight excluding hydrogens is 388 g/mol. The molecule has 9 heteroatoms. The fourth-order valence-corrected chi connectivity index (χ4v) is 4.91. The molecule has 0 spiro atoms. The number of sulfonamides is 1. The summed E-state index contributed by atoms with van der Waals surface area (Å²) in [7, 11) is -4.03. The quantitative estimate of drug-likeness (QED) is 0.843. The molecule has 1 N–H and O–H groups in total. The summed E-state index contributed by atoms with van der Waals surface area (Å²) in [5.41, 5.74) is 0.113. The number of halogens is 2. The van der Waals surface area contributed by atoms with E-state index in [9.17, 15) is 17.2 Å². The van der Waals surface area contributed by atoms with Gasteiger partial charge in [-0.25, -0.2) is 17.2 Å². The van der Waals surface area contributed by atoms with Crippen molar-refractivity contribution in [2.24, 2.45) is 0 Å².